The molecule has 1 fully saturated rings. The second-order valence-electron chi connectivity index (χ2n) is 5.31. The van der Waals surface area contributed by atoms with Gasteiger partial charge in [-0.3, -0.25) is 4.90 Å². The van der Waals surface area contributed by atoms with Crippen LogP contribution in [0, 0.1) is 0 Å². The predicted molar refractivity (Wildman–Crippen MR) is 77.5 cm³/mol. The van der Waals surface area contributed by atoms with Crippen LogP contribution in [0.2, 0.25) is 0 Å². The number of ether oxygens (including phenoxy) is 1. The topological polar surface area (TPSA) is 32.7 Å². The first kappa shape index (κ1) is 14.4. The number of hydrogen-bond acceptors (Lipinski definition) is 3. The molecule has 19 heavy (non-hydrogen) atoms. The summed E-state index contributed by atoms with van der Waals surface area (Å²) >= 11 is 0. The van der Waals surface area contributed by atoms with E-state index in [1.165, 1.54) is 25.7 Å². The van der Waals surface area contributed by atoms with E-state index < -0.39 is 6.10 Å². The van der Waals surface area contributed by atoms with E-state index in [1.54, 1.807) is 7.11 Å². The van der Waals surface area contributed by atoms with Gasteiger partial charge in [0.2, 0.25) is 0 Å². The first-order valence-electron chi connectivity index (χ1n) is 7.30. The van der Waals surface area contributed by atoms with Crippen LogP contribution >= 0.6 is 0 Å². The zero-order valence-electron chi connectivity index (χ0n) is 12.0. The minimum absolute atomic E-state index is 0.411. The van der Waals surface area contributed by atoms with E-state index in [1.807, 2.05) is 24.3 Å². The maximum Gasteiger partial charge on any atom is 0.118 e. The molecule has 0 heterocycles. The lowest BCUT2D eigenvalue weighted by Gasteiger charge is -2.29. The summed E-state index contributed by atoms with van der Waals surface area (Å²) in [6.45, 7) is 3.92. The molecule has 3 nitrogen and oxygen atoms in total. The second-order valence-corrected chi connectivity index (χ2v) is 5.31. The van der Waals surface area contributed by atoms with Gasteiger partial charge in [-0.05, 0) is 37.1 Å². The van der Waals surface area contributed by atoms with Crippen molar-refractivity contribution in [1.82, 2.24) is 4.90 Å². The van der Waals surface area contributed by atoms with Crippen molar-refractivity contribution in [2.75, 3.05) is 20.2 Å². The fraction of sp³-hybridized carbons (Fsp3) is 0.625. The fourth-order valence-electron chi connectivity index (χ4n) is 2.96. The molecule has 1 aliphatic carbocycles. The van der Waals surface area contributed by atoms with Crippen LogP contribution in [0.4, 0.5) is 0 Å². The quantitative estimate of drug-likeness (QED) is 0.856. The number of hydrogen-bond donors (Lipinski definition) is 1. The van der Waals surface area contributed by atoms with Gasteiger partial charge >= 0.3 is 0 Å². The SMILES string of the molecule is CCN(CC(O)c1ccc(OC)cc1)C1CCCC1. The lowest BCUT2D eigenvalue weighted by atomic mass is 10.1. The molecular weight excluding hydrogens is 238 g/mol. The van der Waals surface area contributed by atoms with Gasteiger partial charge in [0.25, 0.3) is 0 Å². The van der Waals surface area contributed by atoms with Crippen LogP contribution in [0.3, 0.4) is 0 Å². The molecule has 0 aromatic heterocycles. The minimum Gasteiger partial charge on any atom is -0.497 e. The van der Waals surface area contributed by atoms with Gasteiger partial charge in [-0.25, -0.2) is 0 Å². The van der Waals surface area contributed by atoms with Gasteiger partial charge < -0.3 is 9.84 Å². The highest BCUT2D eigenvalue weighted by molar-refractivity contribution is 5.28. The van der Waals surface area contributed by atoms with Crippen molar-refractivity contribution in [3.05, 3.63) is 29.8 Å². The Balaban J connectivity index is 1.95. The molecule has 1 aromatic rings. The van der Waals surface area contributed by atoms with Gasteiger partial charge in [0.05, 0.1) is 13.2 Å². The average Bonchev–Trinajstić information content (AvgIpc) is 2.98. The third kappa shape index (κ3) is 3.71. The highest BCUT2D eigenvalue weighted by Crippen LogP contribution is 2.26. The number of rotatable bonds is 6. The van der Waals surface area contributed by atoms with E-state index in [-0.39, 0.29) is 0 Å². The number of aliphatic hydroxyl groups excluding tert-OH is 1. The number of benzene rings is 1. The number of aliphatic hydroxyl groups is 1. The maximum atomic E-state index is 10.4. The Morgan fingerprint density at radius 3 is 2.42 bits per heavy atom. The molecule has 1 aliphatic rings. The van der Waals surface area contributed by atoms with Crippen LogP contribution in [-0.2, 0) is 0 Å². The molecule has 0 saturated heterocycles. The molecule has 1 saturated carbocycles. The fourth-order valence-corrected chi connectivity index (χ4v) is 2.96. The third-order valence-electron chi connectivity index (χ3n) is 4.16. The first-order chi connectivity index (χ1) is 9.24. The van der Waals surface area contributed by atoms with Crippen molar-refractivity contribution in [2.24, 2.45) is 0 Å². The maximum absolute atomic E-state index is 10.4. The molecule has 1 atom stereocenters. The number of likely N-dealkylation sites (N-methyl/N-ethyl adjacent to an activating group) is 1. The summed E-state index contributed by atoms with van der Waals surface area (Å²) in [7, 11) is 1.66. The average molecular weight is 263 g/mol. The smallest absolute Gasteiger partial charge is 0.118 e. The Morgan fingerprint density at radius 2 is 1.89 bits per heavy atom. The van der Waals surface area contributed by atoms with Gasteiger partial charge in [-0.15, -0.1) is 0 Å². The normalized spacial score (nSPS) is 17.9. The zero-order chi connectivity index (χ0) is 13.7. The second kappa shape index (κ2) is 6.92. The summed E-state index contributed by atoms with van der Waals surface area (Å²) in [6, 6.07) is 8.38. The Morgan fingerprint density at radius 1 is 1.26 bits per heavy atom. The van der Waals surface area contributed by atoms with Crippen molar-refractivity contribution in [2.45, 2.75) is 44.8 Å². The Bertz CT molecular complexity index is 371. The van der Waals surface area contributed by atoms with E-state index in [9.17, 15) is 5.11 Å². The summed E-state index contributed by atoms with van der Waals surface area (Å²) in [5.74, 6) is 0.832. The summed E-state index contributed by atoms with van der Waals surface area (Å²) in [5.41, 5.74) is 0.970. The zero-order valence-corrected chi connectivity index (χ0v) is 12.0. The van der Waals surface area contributed by atoms with E-state index in [4.69, 9.17) is 4.74 Å². The molecule has 0 amide bonds. The van der Waals surface area contributed by atoms with E-state index in [0.717, 1.165) is 24.4 Å². The Hall–Kier alpha value is -1.06. The molecule has 0 spiro atoms. The van der Waals surface area contributed by atoms with Crippen molar-refractivity contribution in [3.63, 3.8) is 0 Å². The van der Waals surface area contributed by atoms with Crippen molar-refractivity contribution >= 4 is 0 Å². The molecule has 1 N–H and O–H groups in total. The molecular formula is C16H25NO2. The van der Waals surface area contributed by atoms with Gasteiger partial charge in [0, 0.05) is 12.6 Å². The van der Waals surface area contributed by atoms with Crippen molar-refractivity contribution in [1.29, 1.82) is 0 Å². The van der Waals surface area contributed by atoms with Crippen molar-refractivity contribution < 1.29 is 9.84 Å². The monoisotopic (exact) mass is 263 g/mol. The number of nitrogens with zero attached hydrogens (tertiary/aromatic N) is 1. The van der Waals surface area contributed by atoms with Crippen LogP contribution in [0.5, 0.6) is 5.75 Å². The summed E-state index contributed by atoms with van der Waals surface area (Å²) in [5, 5.41) is 10.4. The van der Waals surface area contributed by atoms with Gasteiger partial charge in [0.15, 0.2) is 0 Å². The van der Waals surface area contributed by atoms with Gasteiger partial charge in [0.1, 0.15) is 5.75 Å². The van der Waals surface area contributed by atoms with Gasteiger partial charge in [-0.1, -0.05) is 31.9 Å². The summed E-state index contributed by atoms with van der Waals surface area (Å²) in [6.07, 6.45) is 4.82. The molecule has 106 valence electrons. The molecule has 1 unspecified atom stereocenters. The molecule has 3 heteroatoms. The largest absolute Gasteiger partial charge is 0.497 e. The highest BCUT2D eigenvalue weighted by Gasteiger charge is 2.23. The Kier molecular flexibility index (Phi) is 5.23. The summed E-state index contributed by atoms with van der Waals surface area (Å²) in [4.78, 5) is 2.42. The third-order valence-corrected chi connectivity index (χ3v) is 4.16. The number of methoxy groups -OCH3 is 1. The van der Waals surface area contributed by atoms with E-state index in [2.05, 4.69) is 11.8 Å². The van der Waals surface area contributed by atoms with Crippen LogP contribution < -0.4 is 4.74 Å². The molecule has 1 aromatic carbocycles. The minimum atomic E-state index is -0.411. The lowest BCUT2D eigenvalue weighted by molar-refractivity contribution is 0.0914. The van der Waals surface area contributed by atoms with Crippen LogP contribution in [-0.4, -0.2) is 36.2 Å². The van der Waals surface area contributed by atoms with Crippen LogP contribution in [0.25, 0.3) is 0 Å². The molecule has 0 bridgehead atoms. The van der Waals surface area contributed by atoms with Gasteiger partial charge in [-0.2, -0.15) is 0 Å². The standard InChI is InChI=1S/C16H25NO2/c1-3-17(14-6-4-5-7-14)12-16(18)13-8-10-15(19-2)11-9-13/h8-11,14,16,18H,3-7,12H2,1-2H3. The van der Waals surface area contributed by atoms with E-state index in [0.29, 0.717) is 6.04 Å². The van der Waals surface area contributed by atoms with Crippen LogP contribution in [0.15, 0.2) is 24.3 Å². The van der Waals surface area contributed by atoms with Crippen molar-refractivity contribution in [3.8, 4) is 5.75 Å². The predicted octanol–water partition coefficient (Wildman–Crippen LogP) is 2.99. The highest BCUT2D eigenvalue weighted by atomic mass is 16.5. The molecule has 0 aliphatic heterocycles. The Labute approximate surface area is 116 Å². The first-order valence-corrected chi connectivity index (χ1v) is 7.30. The molecule has 2 rings (SSSR count). The lowest BCUT2D eigenvalue weighted by Crippen LogP contribution is -2.36. The van der Waals surface area contributed by atoms with E-state index >= 15 is 0 Å². The molecule has 0 radical (unpaired) electrons. The van der Waals surface area contributed by atoms with Crippen LogP contribution in [0.1, 0.15) is 44.3 Å². The summed E-state index contributed by atoms with van der Waals surface area (Å²) < 4.78 is 5.14.